The Bertz CT molecular complexity index is 1250. The zero-order valence-electron chi connectivity index (χ0n) is 17.1. The molecule has 1 aromatic carbocycles. The predicted octanol–water partition coefficient (Wildman–Crippen LogP) is 3.18. The van der Waals surface area contributed by atoms with E-state index in [0.717, 1.165) is 0 Å². The largest absolute Gasteiger partial charge is 0.419 e. The molecule has 1 aliphatic heterocycles. The third kappa shape index (κ3) is 4.58. The molecular weight excluding hydrogens is 456 g/mol. The number of rotatable bonds is 8. The lowest BCUT2D eigenvalue weighted by Gasteiger charge is -2.12. The summed E-state index contributed by atoms with van der Waals surface area (Å²) in [6.45, 7) is 6.11. The molecule has 2 unspecified atom stereocenters. The van der Waals surface area contributed by atoms with Gasteiger partial charge in [-0.3, -0.25) is 10.1 Å². The molecule has 0 spiro atoms. The van der Waals surface area contributed by atoms with Crippen molar-refractivity contribution in [3.05, 3.63) is 58.7 Å². The molecule has 11 nitrogen and oxygen atoms in total. The van der Waals surface area contributed by atoms with Crippen LogP contribution in [0.25, 0.3) is 11.5 Å². The molecule has 0 aliphatic carbocycles. The van der Waals surface area contributed by atoms with Gasteiger partial charge < -0.3 is 8.98 Å². The first-order valence-electron chi connectivity index (χ1n) is 9.76. The van der Waals surface area contributed by atoms with Gasteiger partial charge in [-0.1, -0.05) is 17.8 Å². The van der Waals surface area contributed by atoms with Crippen molar-refractivity contribution in [2.45, 2.75) is 36.2 Å². The van der Waals surface area contributed by atoms with E-state index in [2.05, 4.69) is 27.0 Å². The van der Waals surface area contributed by atoms with E-state index < -0.39 is 14.8 Å². The van der Waals surface area contributed by atoms with E-state index in [1.807, 2.05) is 11.5 Å². The van der Waals surface area contributed by atoms with Gasteiger partial charge in [0.05, 0.1) is 21.7 Å². The Kier molecular flexibility index (Phi) is 6.11. The van der Waals surface area contributed by atoms with E-state index in [4.69, 9.17) is 4.42 Å². The van der Waals surface area contributed by atoms with Gasteiger partial charge in [-0.05, 0) is 25.5 Å². The lowest BCUT2D eigenvalue weighted by Crippen LogP contribution is -2.11. The minimum absolute atomic E-state index is 0.0233. The number of hydrogen-bond donors (Lipinski definition) is 0. The van der Waals surface area contributed by atoms with Crippen LogP contribution >= 0.6 is 11.8 Å². The maximum atomic E-state index is 11.9. The number of benzene rings is 1. The van der Waals surface area contributed by atoms with Gasteiger partial charge in [0.2, 0.25) is 11.8 Å². The summed E-state index contributed by atoms with van der Waals surface area (Å²) in [6, 6.07) is 5.85. The summed E-state index contributed by atoms with van der Waals surface area (Å²) in [7, 11) is -3.05. The molecule has 0 amide bonds. The van der Waals surface area contributed by atoms with Crippen LogP contribution in [0, 0.1) is 10.1 Å². The first-order chi connectivity index (χ1) is 15.3. The second kappa shape index (κ2) is 8.82. The molecule has 2 aromatic heterocycles. The second-order valence-corrected chi connectivity index (χ2v) is 10.9. The number of sulfone groups is 1. The average molecular weight is 477 g/mol. The highest BCUT2D eigenvalue weighted by molar-refractivity contribution is 7.99. The monoisotopic (exact) mass is 476 g/mol. The number of allylic oxidation sites excluding steroid dienone is 1. The summed E-state index contributed by atoms with van der Waals surface area (Å²) in [4.78, 5) is 10.3. The zero-order valence-corrected chi connectivity index (χ0v) is 18.8. The quantitative estimate of drug-likeness (QED) is 0.205. The zero-order chi connectivity index (χ0) is 22.9. The summed E-state index contributed by atoms with van der Waals surface area (Å²) < 4.78 is 31.4. The first-order valence-corrected chi connectivity index (χ1v) is 12.5. The summed E-state index contributed by atoms with van der Waals surface area (Å²) >= 11 is 1.36. The molecule has 1 aliphatic rings. The Morgan fingerprint density at radius 1 is 1.31 bits per heavy atom. The molecule has 1 fully saturated rings. The lowest BCUT2D eigenvalue weighted by atomic mass is 10.1. The molecule has 13 heteroatoms. The normalized spacial score (nSPS) is 18.5. The number of nitro benzene ring substituents is 1. The van der Waals surface area contributed by atoms with Crippen LogP contribution in [0.3, 0.4) is 0 Å². The minimum atomic E-state index is -3.05. The minimum Gasteiger partial charge on any atom is -0.419 e. The Morgan fingerprint density at radius 3 is 2.69 bits per heavy atom. The molecule has 3 heterocycles. The first kappa shape index (κ1) is 22.1. The van der Waals surface area contributed by atoms with Crippen molar-refractivity contribution in [3.8, 4) is 11.5 Å². The number of aromatic nitrogens is 5. The van der Waals surface area contributed by atoms with Gasteiger partial charge >= 0.3 is 0 Å². The van der Waals surface area contributed by atoms with Crippen LogP contribution in [-0.4, -0.2) is 49.8 Å². The lowest BCUT2D eigenvalue weighted by molar-refractivity contribution is -0.384. The van der Waals surface area contributed by atoms with Crippen LogP contribution in [0.5, 0.6) is 0 Å². The Morgan fingerprint density at radius 2 is 2.06 bits per heavy atom. The van der Waals surface area contributed by atoms with Crippen molar-refractivity contribution in [2.75, 3.05) is 11.5 Å². The molecule has 168 valence electrons. The maximum absolute atomic E-state index is 11.9. The maximum Gasteiger partial charge on any atom is 0.269 e. The Balaban J connectivity index is 1.52. The van der Waals surface area contributed by atoms with E-state index in [-0.39, 0.29) is 34.3 Å². The SMILES string of the molecule is C=CCn1c(SC(C)c2nnc(-c3ccc([N+](=O)[O-])cc3)o2)nnc1C1CCS(=O)(=O)C1. The van der Waals surface area contributed by atoms with E-state index >= 15 is 0 Å². The van der Waals surface area contributed by atoms with Gasteiger partial charge in [-0.15, -0.1) is 27.0 Å². The fraction of sp³-hybridized carbons (Fsp3) is 0.368. The topological polar surface area (TPSA) is 147 Å². The van der Waals surface area contributed by atoms with Crippen LogP contribution in [0.15, 0.2) is 46.5 Å². The van der Waals surface area contributed by atoms with Crippen molar-refractivity contribution in [3.63, 3.8) is 0 Å². The highest BCUT2D eigenvalue weighted by atomic mass is 32.2. The molecule has 3 aromatic rings. The second-order valence-electron chi connectivity index (χ2n) is 7.35. The van der Waals surface area contributed by atoms with E-state index in [1.165, 1.54) is 23.9 Å². The predicted molar refractivity (Wildman–Crippen MR) is 117 cm³/mol. The molecule has 4 rings (SSSR count). The van der Waals surface area contributed by atoms with E-state index in [1.54, 1.807) is 18.2 Å². The highest BCUT2D eigenvalue weighted by Crippen LogP contribution is 2.37. The third-order valence-corrected chi connectivity index (χ3v) is 7.89. The molecule has 0 radical (unpaired) electrons. The summed E-state index contributed by atoms with van der Waals surface area (Å²) in [5.41, 5.74) is 0.552. The van der Waals surface area contributed by atoms with Crippen molar-refractivity contribution in [1.82, 2.24) is 25.0 Å². The van der Waals surface area contributed by atoms with Crippen molar-refractivity contribution in [2.24, 2.45) is 0 Å². The van der Waals surface area contributed by atoms with Gasteiger partial charge in [-0.2, -0.15) is 0 Å². The van der Waals surface area contributed by atoms with Crippen LogP contribution in [0.2, 0.25) is 0 Å². The standard InChI is InChI=1S/C19H20N6O5S2/c1-3-9-24-16(14-8-10-32(28,29)11-14)20-23-19(24)31-12(2)17-21-22-18(30-17)13-4-6-15(7-5-13)25(26)27/h3-7,12,14H,1,8-11H2,2H3. The van der Waals surface area contributed by atoms with Crippen LogP contribution in [0.4, 0.5) is 5.69 Å². The number of thioether (sulfide) groups is 1. The van der Waals surface area contributed by atoms with Gasteiger partial charge in [0, 0.05) is 30.2 Å². The molecule has 32 heavy (non-hydrogen) atoms. The molecule has 0 bridgehead atoms. The van der Waals surface area contributed by atoms with Crippen molar-refractivity contribution < 1.29 is 17.8 Å². The number of hydrogen-bond acceptors (Lipinski definition) is 10. The molecule has 0 N–H and O–H groups in total. The van der Waals surface area contributed by atoms with E-state index in [0.29, 0.717) is 35.4 Å². The highest BCUT2D eigenvalue weighted by Gasteiger charge is 2.33. The van der Waals surface area contributed by atoms with E-state index in [9.17, 15) is 18.5 Å². The Labute approximate surface area is 188 Å². The molecule has 0 saturated carbocycles. The molecule has 1 saturated heterocycles. The third-order valence-electron chi connectivity index (χ3n) is 5.05. The summed E-state index contributed by atoms with van der Waals surface area (Å²) in [5, 5.41) is 27.8. The van der Waals surface area contributed by atoms with Crippen LogP contribution in [0.1, 0.15) is 36.2 Å². The summed E-state index contributed by atoms with van der Waals surface area (Å²) in [6.07, 6.45) is 2.24. The number of nitro groups is 1. The number of non-ortho nitro benzene ring substituents is 1. The van der Waals surface area contributed by atoms with Gasteiger partial charge in [0.1, 0.15) is 5.82 Å². The average Bonchev–Trinajstić information content (AvgIpc) is 3.48. The van der Waals surface area contributed by atoms with Crippen molar-refractivity contribution >= 4 is 27.3 Å². The summed E-state index contributed by atoms with van der Waals surface area (Å²) in [5.74, 6) is 1.30. The van der Waals surface area contributed by atoms with Crippen LogP contribution < -0.4 is 0 Å². The smallest absolute Gasteiger partial charge is 0.269 e. The fourth-order valence-corrected chi connectivity index (χ4v) is 6.07. The van der Waals surface area contributed by atoms with Gasteiger partial charge in [-0.25, -0.2) is 8.42 Å². The van der Waals surface area contributed by atoms with Crippen LogP contribution in [-0.2, 0) is 16.4 Å². The van der Waals surface area contributed by atoms with Gasteiger partial charge in [0.25, 0.3) is 5.69 Å². The van der Waals surface area contributed by atoms with Crippen molar-refractivity contribution in [1.29, 1.82) is 0 Å². The number of nitrogens with zero attached hydrogens (tertiary/aromatic N) is 6. The fourth-order valence-electron chi connectivity index (χ4n) is 3.44. The van der Waals surface area contributed by atoms with Gasteiger partial charge in [0.15, 0.2) is 15.0 Å². The molecular formula is C19H20N6O5S2. The molecule has 2 atom stereocenters. The Hall–Kier alpha value is -3.06.